The fraction of sp³-hybridized carbons (Fsp3) is 0.423. The number of furan rings is 1. The molecule has 3 aromatic rings. The Morgan fingerprint density at radius 3 is 2.50 bits per heavy atom. The molecule has 6 nitrogen and oxygen atoms in total. The van der Waals surface area contributed by atoms with Crippen molar-refractivity contribution in [2.45, 2.75) is 32.1 Å². The van der Waals surface area contributed by atoms with E-state index in [4.69, 9.17) is 4.42 Å². The van der Waals surface area contributed by atoms with Crippen LogP contribution in [0.2, 0.25) is 0 Å². The summed E-state index contributed by atoms with van der Waals surface area (Å²) in [5.74, 6) is 0.779. The van der Waals surface area contributed by atoms with Crippen molar-refractivity contribution in [1.29, 1.82) is 0 Å². The van der Waals surface area contributed by atoms with Gasteiger partial charge in [-0.1, -0.05) is 0 Å². The van der Waals surface area contributed by atoms with E-state index in [9.17, 15) is 4.79 Å². The van der Waals surface area contributed by atoms with Gasteiger partial charge in [-0.3, -0.25) is 4.79 Å². The van der Waals surface area contributed by atoms with Gasteiger partial charge < -0.3 is 25.3 Å². The number of piperidine rings is 2. The van der Waals surface area contributed by atoms with E-state index in [-0.39, 0.29) is 5.91 Å². The number of anilines is 3. The van der Waals surface area contributed by atoms with E-state index in [1.54, 1.807) is 0 Å². The van der Waals surface area contributed by atoms with Crippen LogP contribution in [-0.2, 0) is 0 Å². The zero-order valence-electron chi connectivity index (χ0n) is 18.5. The molecule has 32 heavy (non-hydrogen) atoms. The van der Waals surface area contributed by atoms with Gasteiger partial charge in [0.05, 0.1) is 0 Å². The predicted molar refractivity (Wildman–Crippen MR) is 130 cm³/mol. The molecule has 0 atom stereocenters. The molecule has 6 heteroatoms. The van der Waals surface area contributed by atoms with E-state index in [0.29, 0.717) is 23.8 Å². The summed E-state index contributed by atoms with van der Waals surface area (Å²) in [6.45, 7) is 5.06. The molecular formula is C26H32N4O2. The Morgan fingerprint density at radius 1 is 0.969 bits per heavy atom. The topological polar surface area (TPSA) is 69.5 Å². The fourth-order valence-corrected chi connectivity index (χ4v) is 4.71. The Bertz CT molecular complexity index is 1050. The van der Waals surface area contributed by atoms with Crippen LogP contribution in [0, 0.1) is 5.92 Å². The molecule has 0 aliphatic carbocycles. The number of carbonyl (C=O) groups excluding carboxylic acids is 1. The van der Waals surface area contributed by atoms with Crippen LogP contribution >= 0.6 is 0 Å². The first kappa shape index (κ1) is 20.9. The highest BCUT2D eigenvalue weighted by Crippen LogP contribution is 2.27. The summed E-state index contributed by atoms with van der Waals surface area (Å²) in [6.07, 6.45) is 6.11. The second kappa shape index (κ2) is 9.65. The van der Waals surface area contributed by atoms with Crippen LogP contribution in [0.15, 0.2) is 52.9 Å². The summed E-state index contributed by atoms with van der Waals surface area (Å²) in [5.41, 5.74) is 3.99. The summed E-state index contributed by atoms with van der Waals surface area (Å²) in [4.78, 5) is 15.0. The maximum Gasteiger partial charge on any atom is 0.287 e. The molecule has 0 unspecified atom stereocenters. The van der Waals surface area contributed by atoms with E-state index in [2.05, 4.69) is 45.1 Å². The number of hydrogen-bond donors (Lipinski definition) is 3. The van der Waals surface area contributed by atoms with Crippen molar-refractivity contribution >= 4 is 33.9 Å². The standard InChI is InChI=1S/C26H32N4O2/c31-26(28-18-19-10-12-27-13-11-19)25-16-20-4-5-22(17-24(20)32-25)29-21-6-8-23(9-7-21)30-14-2-1-3-15-30/h4-9,16-17,19,27,29H,1-3,10-15,18H2,(H,28,31). The van der Waals surface area contributed by atoms with Gasteiger partial charge in [-0.05, 0) is 93.6 Å². The number of rotatable bonds is 6. The summed E-state index contributed by atoms with van der Waals surface area (Å²) in [7, 11) is 0. The second-order valence-electron chi connectivity index (χ2n) is 8.99. The van der Waals surface area contributed by atoms with Gasteiger partial charge in [-0.2, -0.15) is 0 Å². The molecule has 2 aromatic carbocycles. The van der Waals surface area contributed by atoms with Gasteiger partial charge >= 0.3 is 0 Å². The Balaban J connectivity index is 1.22. The molecule has 1 amide bonds. The van der Waals surface area contributed by atoms with Crippen molar-refractivity contribution < 1.29 is 9.21 Å². The lowest BCUT2D eigenvalue weighted by atomic mass is 9.98. The van der Waals surface area contributed by atoms with E-state index >= 15 is 0 Å². The van der Waals surface area contributed by atoms with Crippen molar-refractivity contribution in [2.24, 2.45) is 5.92 Å². The minimum atomic E-state index is -0.137. The maximum absolute atomic E-state index is 12.6. The van der Waals surface area contributed by atoms with Gasteiger partial charge in [0, 0.05) is 48.1 Å². The highest BCUT2D eigenvalue weighted by molar-refractivity contribution is 5.96. The van der Waals surface area contributed by atoms with Gasteiger partial charge in [0.25, 0.3) is 5.91 Å². The third kappa shape index (κ3) is 4.91. The summed E-state index contributed by atoms with van der Waals surface area (Å²) in [6, 6.07) is 16.4. The largest absolute Gasteiger partial charge is 0.451 e. The zero-order chi connectivity index (χ0) is 21.8. The van der Waals surface area contributed by atoms with E-state index in [0.717, 1.165) is 55.8 Å². The summed E-state index contributed by atoms with van der Waals surface area (Å²) in [5, 5.41) is 10.8. The first-order valence-electron chi connectivity index (χ1n) is 11.9. The second-order valence-corrected chi connectivity index (χ2v) is 8.99. The number of nitrogens with one attached hydrogen (secondary N) is 3. The molecule has 2 saturated heterocycles. The summed E-state index contributed by atoms with van der Waals surface area (Å²) >= 11 is 0. The molecule has 0 radical (unpaired) electrons. The van der Waals surface area contributed by atoms with Crippen molar-refractivity contribution in [1.82, 2.24) is 10.6 Å². The molecule has 2 fully saturated rings. The average Bonchev–Trinajstić information content (AvgIpc) is 3.28. The smallest absolute Gasteiger partial charge is 0.287 e. The minimum absolute atomic E-state index is 0.137. The lowest BCUT2D eigenvalue weighted by molar-refractivity contribution is 0.0918. The van der Waals surface area contributed by atoms with Gasteiger partial charge in [-0.15, -0.1) is 0 Å². The molecule has 0 spiro atoms. The maximum atomic E-state index is 12.6. The number of hydrogen-bond acceptors (Lipinski definition) is 5. The third-order valence-electron chi connectivity index (χ3n) is 6.63. The zero-order valence-corrected chi connectivity index (χ0v) is 18.5. The number of nitrogens with zero attached hydrogens (tertiary/aromatic N) is 1. The number of fused-ring (bicyclic) bond motifs is 1. The Labute approximate surface area is 189 Å². The van der Waals surface area contributed by atoms with Crippen LogP contribution in [-0.4, -0.2) is 38.6 Å². The number of benzene rings is 2. The van der Waals surface area contributed by atoms with Crippen molar-refractivity contribution in [2.75, 3.05) is 42.9 Å². The fourth-order valence-electron chi connectivity index (χ4n) is 4.71. The summed E-state index contributed by atoms with van der Waals surface area (Å²) < 4.78 is 5.88. The van der Waals surface area contributed by atoms with Crippen LogP contribution in [0.3, 0.4) is 0 Å². The molecule has 1 aromatic heterocycles. The van der Waals surface area contributed by atoms with Crippen LogP contribution < -0.4 is 20.9 Å². The highest BCUT2D eigenvalue weighted by atomic mass is 16.3. The minimum Gasteiger partial charge on any atom is -0.451 e. The third-order valence-corrected chi connectivity index (χ3v) is 6.63. The molecule has 3 N–H and O–H groups in total. The number of amides is 1. The lowest BCUT2D eigenvalue weighted by Crippen LogP contribution is -2.35. The first-order valence-corrected chi connectivity index (χ1v) is 11.9. The van der Waals surface area contributed by atoms with Gasteiger partial charge in [-0.25, -0.2) is 0 Å². The van der Waals surface area contributed by atoms with Gasteiger partial charge in [0.2, 0.25) is 0 Å². The Kier molecular flexibility index (Phi) is 6.30. The van der Waals surface area contributed by atoms with E-state index in [1.165, 1.54) is 24.9 Å². The van der Waals surface area contributed by atoms with Crippen LogP contribution in [0.4, 0.5) is 17.1 Å². The Hall–Kier alpha value is -2.99. The molecule has 2 aliphatic heterocycles. The molecule has 2 aliphatic rings. The van der Waals surface area contributed by atoms with Gasteiger partial charge in [0.1, 0.15) is 5.58 Å². The lowest BCUT2D eigenvalue weighted by Gasteiger charge is -2.28. The van der Waals surface area contributed by atoms with Crippen molar-refractivity contribution in [3.8, 4) is 0 Å². The molecule has 0 saturated carbocycles. The van der Waals surface area contributed by atoms with Gasteiger partial charge in [0.15, 0.2) is 5.76 Å². The predicted octanol–water partition coefficient (Wildman–Crippen LogP) is 4.90. The van der Waals surface area contributed by atoms with E-state index in [1.807, 2.05) is 24.3 Å². The number of carbonyl (C=O) groups is 1. The molecule has 3 heterocycles. The van der Waals surface area contributed by atoms with E-state index < -0.39 is 0 Å². The highest BCUT2D eigenvalue weighted by Gasteiger charge is 2.17. The van der Waals surface area contributed by atoms with Crippen LogP contribution in [0.25, 0.3) is 11.0 Å². The Morgan fingerprint density at radius 2 is 1.72 bits per heavy atom. The molecule has 168 valence electrons. The first-order chi connectivity index (χ1) is 15.7. The molecular weight excluding hydrogens is 400 g/mol. The monoisotopic (exact) mass is 432 g/mol. The average molecular weight is 433 g/mol. The van der Waals surface area contributed by atoms with Crippen LogP contribution in [0.1, 0.15) is 42.7 Å². The van der Waals surface area contributed by atoms with Crippen molar-refractivity contribution in [3.63, 3.8) is 0 Å². The normalized spacial score (nSPS) is 17.4. The molecule has 5 rings (SSSR count). The SMILES string of the molecule is O=C(NCC1CCNCC1)c1cc2ccc(Nc3ccc(N4CCCCC4)cc3)cc2o1. The molecule has 0 bridgehead atoms. The quantitative estimate of drug-likeness (QED) is 0.517. The van der Waals surface area contributed by atoms with Crippen LogP contribution in [0.5, 0.6) is 0 Å². The van der Waals surface area contributed by atoms with Crippen molar-refractivity contribution in [3.05, 3.63) is 54.3 Å².